The molecule has 1 rings (SSSR count). The van der Waals surface area contributed by atoms with E-state index in [9.17, 15) is 0 Å². The monoisotopic (exact) mass is 256 g/mol. The Morgan fingerprint density at radius 1 is 1.28 bits per heavy atom. The highest BCUT2D eigenvalue weighted by atomic mass is 16.5. The number of hydrogen-bond acceptors (Lipinski definition) is 3. The Balaban J connectivity index is 2.51. The number of ether oxygens (including phenoxy) is 1. The van der Waals surface area contributed by atoms with Gasteiger partial charge in [-0.2, -0.15) is 0 Å². The van der Waals surface area contributed by atoms with Crippen molar-refractivity contribution in [3.8, 4) is 0 Å². The first-order valence-corrected chi connectivity index (χ1v) is 7.68. The van der Waals surface area contributed by atoms with E-state index in [1.54, 1.807) is 0 Å². The minimum absolute atomic E-state index is 0.420. The van der Waals surface area contributed by atoms with Crippen LogP contribution in [-0.4, -0.2) is 50.8 Å². The van der Waals surface area contributed by atoms with Gasteiger partial charge >= 0.3 is 0 Å². The molecule has 1 atom stereocenters. The largest absolute Gasteiger partial charge is 0.377 e. The highest BCUT2D eigenvalue weighted by Gasteiger charge is 2.29. The van der Waals surface area contributed by atoms with Crippen LogP contribution in [-0.2, 0) is 4.74 Å². The molecule has 0 spiro atoms. The molecular weight excluding hydrogens is 224 g/mol. The maximum Gasteiger partial charge on any atom is 0.0702 e. The maximum absolute atomic E-state index is 5.77. The van der Waals surface area contributed by atoms with Gasteiger partial charge in [0.1, 0.15) is 0 Å². The summed E-state index contributed by atoms with van der Waals surface area (Å²) in [6, 6.07) is 0. The van der Waals surface area contributed by atoms with E-state index < -0.39 is 0 Å². The molecule has 1 fully saturated rings. The van der Waals surface area contributed by atoms with E-state index in [1.165, 1.54) is 32.2 Å². The summed E-state index contributed by atoms with van der Waals surface area (Å²) in [4.78, 5) is 2.58. The van der Waals surface area contributed by atoms with Crippen LogP contribution in [0.2, 0.25) is 0 Å². The topological polar surface area (TPSA) is 24.5 Å². The molecule has 0 aromatic heterocycles. The first-order chi connectivity index (χ1) is 8.69. The summed E-state index contributed by atoms with van der Waals surface area (Å²) in [5.41, 5.74) is 0.420. The van der Waals surface area contributed by atoms with E-state index in [0.717, 1.165) is 26.2 Å². The number of hydrogen-bond donors (Lipinski definition) is 1. The molecule has 1 heterocycles. The Labute approximate surface area is 113 Å². The zero-order chi connectivity index (χ0) is 13.4. The predicted molar refractivity (Wildman–Crippen MR) is 78.0 cm³/mol. The van der Waals surface area contributed by atoms with Gasteiger partial charge in [0, 0.05) is 26.2 Å². The molecule has 0 saturated carbocycles. The Morgan fingerprint density at radius 2 is 2.00 bits per heavy atom. The van der Waals surface area contributed by atoms with Crippen LogP contribution in [0.4, 0.5) is 0 Å². The molecule has 108 valence electrons. The van der Waals surface area contributed by atoms with Gasteiger partial charge in [0.2, 0.25) is 0 Å². The van der Waals surface area contributed by atoms with Crippen LogP contribution < -0.4 is 5.32 Å². The third kappa shape index (κ3) is 4.52. The molecule has 0 aromatic rings. The van der Waals surface area contributed by atoms with E-state index in [-0.39, 0.29) is 0 Å². The lowest BCUT2D eigenvalue weighted by Crippen LogP contribution is -2.45. The van der Waals surface area contributed by atoms with E-state index >= 15 is 0 Å². The van der Waals surface area contributed by atoms with Gasteiger partial charge in [0.15, 0.2) is 0 Å². The molecule has 3 nitrogen and oxygen atoms in total. The highest BCUT2D eigenvalue weighted by molar-refractivity contribution is 4.83. The third-order valence-corrected chi connectivity index (χ3v) is 4.54. The second-order valence-corrected chi connectivity index (χ2v) is 5.70. The first kappa shape index (κ1) is 15.9. The van der Waals surface area contributed by atoms with Crippen molar-refractivity contribution in [3.05, 3.63) is 0 Å². The zero-order valence-corrected chi connectivity index (χ0v) is 12.8. The number of rotatable bonds is 9. The zero-order valence-electron chi connectivity index (χ0n) is 12.8. The lowest BCUT2D eigenvalue weighted by Gasteiger charge is -2.37. The molecule has 0 radical (unpaired) electrons. The molecule has 18 heavy (non-hydrogen) atoms. The van der Waals surface area contributed by atoms with Crippen LogP contribution >= 0.6 is 0 Å². The van der Waals surface area contributed by atoms with Gasteiger partial charge in [-0.05, 0) is 44.7 Å². The fourth-order valence-electron chi connectivity index (χ4n) is 3.01. The average molecular weight is 256 g/mol. The lowest BCUT2D eigenvalue weighted by atomic mass is 9.81. The molecule has 0 amide bonds. The van der Waals surface area contributed by atoms with Crippen molar-refractivity contribution in [2.75, 3.05) is 39.8 Å². The van der Waals surface area contributed by atoms with Crippen LogP contribution in [0, 0.1) is 5.41 Å². The van der Waals surface area contributed by atoms with Crippen LogP contribution in [0.25, 0.3) is 0 Å². The fraction of sp³-hybridized carbons (Fsp3) is 1.00. The summed E-state index contributed by atoms with van der Waals surface area (Å²) in [5.74, 6) is 0. The average Bonchev–Trinajstić information content (AvgIpc) is 2.90. The summed E-state index contributed by atoms with van der Waals surface area (Å²) in [6.07, 6.45) is 5.45. The second kappa shape index (κ2) is 8.13. The Hall–Kier alpha value is -0.120. The van der Waals surface area contributed by atoms with Gasteiger partial charge in [-0.25, -0.2) is 0 Å². The van der Waals surface area contributed by atoms with Crippen molar-refractivity contribution in [2.24, 2.45) is 5.41 Å². The summed E-state index contributed by atoms with van der Waals surface area (Å²) in [7, 11) is 2.07. The van der Waals surface area contributed by atoms with Crippen LogP contribution in [0.5, 0.6) is 0 Å². The summed E-state index contributed by atoms with van der Waals surface area (Å²) < 4.78 is 5.77. The van der Waals surface area contributed by atoms with Gasteiger partial charge in [0.05, 0.1) is 6.10 Å². The van der Waals surface area contributed by atoms with Crippen LogP contribution in [0.1, 0.15) is 46.5 Å². The van der Waals surface area contributed by atoms with E-state index in [1.807, 2.05) is 0 Å². The molecule has 1 saturated heterocycles. The summed E-state index contributed by atoms with van der Waals surface area (Å²) in [6.45, 7) is 12.4. The van der Waals surface area contributed by atoms with E-state index in [4.69, 9.17) is 4.74 Å². The standard InChI is InChI=1S/C15H32N2O/c1-5-15(6-2,12-16-4)13-17(7-3)11-14-9-8-10-18-14/h14,16H,5-13H2,1-4H3. The molecule has 1 aliphatic heterocycles. The second-order valence-electron chi connectivity index (χ2n) is 5.70. The minimum atomic E-state index is 0.420. The lowest BCUT2D eigenvalue weighted by molar-refractivity contribution is 0.0534. The Bertz CT molecular complexity index is 211. The quantitative estimate of drug-likeness (QED) is 0.686. The van der Waals surface area contributed by atoms with Gasteiger partial charge in [0.25, 0.3) is 0 Å². The molecule has 0 aromatic carbocycles. The molecule has 0 bridgehead atoms. The molecule has 3 heteroatoms. The molecular formula is C15H32N2O. The van der Waals surface area contributed by atoms with Gasteiger partial charge in [-0.15, -0.1) is 0 Å². The van der Waals surface area contributed by atoms with Gasteiger partial charge in [-0.1, -0.05) is 20.8 Å². The molecule has 0 aliphatic carbocycles. The number of likely N-dealkylation sites (N-methyl/N-ethyl adjacent to an activating group) is 1. The molecule has 1 N–H and O–H groups in total. The maximum atomic E-state index is 5.77. The Kier molecular flexibility index (Phi) is 7.20. The van der Waals surface area contributed by atoms with E-state index in [2.05, 4.69) is 38.0 Å². The first-order valence-electron chi connectivity index (χ1n) is 7.68. The van der Waals surface area contributed by atoms with Crippen molar-refractivity contribution in [2.45, 2.75) is 52.6 Å². The van der Waals surface area contributed by atoms with Crippen molar-refractivity contribution >= 4 is 0 Å². The van der Waals surface area contributed by atoms with Crippen LogP contribution in [0.15, 0.2) is 0 Å². The van der Waals surface area contributed by atoms with Crippen molar-refractivity contribution in [1.82, 2.24) is 10.2 Å². The fourth-order valence-corrected chi connectivity index (χ4v) is 3.01. The van der Waals surface area contributed by atoms with Crippen molar-refractivity contribution in [3.63, 3.8) is 0 Å². The highest BCUT2D eigenvalue weighted by Crippen LogP contribution is 2.27. The van der Waals surface area contributed by atoms with Gasteiger partial charge in [-0.3, -0.25) is 0 Å². The molecule has 1 unspecified atom stereocenters. The van der Waals surface area contributed by atoms with Crippen molar-refractivity contribution < 1.29 is 4.74 Å². The SMILES string of the molecule is CCN(CC1CCCO1)CC(CC)(CC)CNC. The summed E-state index contributed by atoms with van der Waals surface area (Å²) in [5, 5.41) is 3.38. The molecule has 1 aliphatic rings. The predicted octanol–water partition coefficient (Wildman–Crippen LogP) is 2.51. The smallest absolute Gasteiger partial charge is 0.0702 e. The van der Waals surface area contributed by atoms with Crippen LogP contribution in [0.3, 0.4) is 0 Å². The normalized spacial score (nSPS) is 20.8. The number of nitrogens with one attached hydrogen (secondary N) is 1. The third-order valence-electron chi connectivity index (χ3n) is 4.54. The van der Waals surface area contributed by atoms with Crippen molar-refractivity contribution in [1.29, 1.82) is 0 Å². The number of nitrogens with zero attached hydrogens (tertiary/aromatic N) is 1. The summed E-state index contributed by atoms with van der Waals surface area (Å²) >= 11 is 0. The Morgan fingerprint density at radius 3 is 2.44 bits per heavy atom. The van der Waals surface area contributed by atoms with E-state index in [0.29, 0.717) is 11.5 Å². The van der Waals surface area contributed by atoms with Gasteiger partial charge < -0.3 is 15.0 Å². The minimum Gasteiger partial charge on any atom is -0.377 e.